The van der Waals surface area contributed by atoms with Gasteiger partial charge >= 0.3 is 6.03 Å². The number of carbonyl (C=O) groups excluding carboxylic acids is 3. The number of urea groups is 1. The van der Waals surface area contributed by atoms with Crippen LogP contribution < -0.4 is 15.4 Å². The molecule has 3 rings (SSSR count). The van der Waals surface area contributed by atoms with Crippen molar-refractivity contribution >= 4 is 24.1 Å². The van der Waals surface area contributed by atoms with Crippen molar-refractivity contribution in [2.45, 2.75) is 59.5 Å². The van der Waals surface area contributed by atoms with Crippen LogP contribution >= 0.6 is 0 Å². The number of fused-ring (bicyclic) bond motifs is 1. The number of methoxy groups -OCH3 is 1. The van der Waals surface area contributed by atoms with E-state index in [0.29, 0.717) is 41.4 Å². The molecule has 4 amide bonds. The second-order valence-corrected chi connectivity index (χ2v) is 8.39. The maximum Gasteiger partial charge on any atom is 0.322 e. The summed E-state index contributed by atoms with van der Waals surface area (Å²) in [4.78, 5) is 44.2. The Balaban J connectivity index is 0.00000247. The van der Waals surface area contributed by atoms with Crippen LogP contribution in [0.2, 0.25) is 0 Å². The minimum absolute atomic E-state index is 0.0716. The number of carbonyl (C=O) groups is 3. The third kappa shape index (κ3) is 6.79. The molecule has 2 aliphatic rings. The zero-order chi connectivity index (χ0) is 28.3. The van der Waals surface area contributed by atoms with Crippen molar-refractivity contribution in [3.05, 3.63) is 77.4 Å². The van der Waals surface area contributed by atoms with Crippen molar-refractivity contribution < 1.29 is 23.9 Å². The van der Waals surface area contributed by atoms with Gasteiger partial charge in [0.15, 0.2) is 5.54 Å². The highest BCUT2D eigenvalue weighted by Gasteiger charge is 2.50. The summed E-state index contributed by atoms with van der Waals surface area (Å²) in [7, 11) is 1.53. The summed E-state index contributed by atoms with van der Waals surface area (Å²) in [5.41, 5.74) is 0.235. The van der Waals surface area contributed by atoms with Crippen molar-refractivity contribution in [1.82, 2.24) is 15.5 Å². The molecule has 0 spiro atoms. The van der Waals surface area contributed by atoms with Crippen LogP contribution in [-0.4, -0.2) is 48.2 Å². The minimum Gasteiger partial charge on any atom is -0.497 e. The summed E-state index contributed by atoms with van der Waals surface area (Å²) in [6.45, 7) is 13.8. The summed E-state index contributed by atoms with van der Waals surface area (Å²) < 4.78 is 11.1. The second-order valence-electron chi connectivity index (χ2n) is 8.39. The fraction of sp³-hybridized carbons (Fsp3) is 0.379. The molecular formula is C29H38N4O5. The largest absolute Gasteiger partial charge is 0.497 e. The van der Waals surface area contributed by atoms with Gasteiger partial charge in [-0.2, -0.15) is 0 Å². The fourth-order valence-corrected chi connectivity index (χ4v) is 4.04. The normalized spacial score (nSPS) is 19.6. The van der Waals surface area contributed by atoms with Gasteiger partial charge in [-0.3, -0.25) is 19.9 Å². The highest BCUT2D eigenvalue weighted by atomic mass is 16.5. The van der Waals surface area contributed by atoms with Crippen molar-refractivity contribution in [3.8, 4) is 5.75 Å². The molecule has 0 radical (unpaired) electrons. The van der Waals surface area contributed by atoms with Crippen LogP contribution in [0.5, 0.6) is 5.75 Å². The molecule has 0 saturated carbocycles. The molecule has 2 heterocycles. The molecule has 0 bridgehead atoms. The number of imide groups is 1. The van der Waals surface area contributed by atoms with E-state index in [1.807, 2.05) is 33.8 Å². The summed E-state index contributed by atoms with van der Waals surface area (Å²) >= 11 is 0. The molecule has 38 heavy (non-hydrogen) atoms. The second kappa shape index (κ2) is 14.0. The predicted molar refractivity (Wildman–Crippen MR) is 149 cm³/mol. The van der Waals surface area contributed by atoms with E-state index in [9.17, 15) is 14.4 Å². The van der Waals surface area contributed by atoms with Gasteiger partial charge in [-0.05, 0) is 42.7 Å². The Labute approximate surface area is 225 Å². The van der Waals surface area contributed by atoms with Crippen LogP contribution in [0.25, 0.3) is 0 Å². The lowest BCUT2D eigenvalue weighted by atomic mass is 9.88. The standard InChI is InChI=1S/C27H32N4O5.C2H6/c1-6-13-28-15-21(8-3)36-18(4)9-11-20(7-2)27(25(33)29-26(34)30-27)17-31-16-19-10-12-22(35-5)14-23(19)24(31)32;1-2/h7,9-15H,2,6,8,16-17H2,1,3-5H3,(H2,29,30,33,34);1-2H3/b18-9+,20-11+,21-15+,28-13?;/t27-;/m0./s1. The molecule has 2 N–H and O–H groups in total. The zero-order valence-corrected chi connectivity index (χ0v) is 23.1. The third-order valence-corrected chi connectivity index (χ3v) is 5.92. The van der Waals surface area contributed by atoms with Gasteiger partial charge in [0.2, 0.25) is 0 Å². The molecule has 1 aromatic rings. The number of hydrogen-bond donors (Lipinski definition) is 2. The first-order chi connectivity index (χ1) is 18.3. The first-order valence-electron chi connectivity index (χ1n) is 12.8. The van der Waals surface area contributed by atoms with Crippen LogP contribution in [0, 0.1) is 0 Å². The average molecular weight is 523 g/mol. The minimum atomic E-state index is -1.51. The summed E-state index contributed by atoms with van der Waals surface area (Å²) in [6, 6.07) is 4.64. The van der Waals surface area contributed by atoms with Crippen LogP contribution in [-0.2, 0) is 16.1 Å². The van der Waals surface area contributed by atoms with E-state index in [1.54, 1.807) is 43.6 Å². The number of nitrogens with one attached hydrogen (secondary N) is 2. The molecule has 1 aromatic carbocycles. The van der Waals surface area contributed by atoms with Gasteiger partial charge in [0.25, 0.3) is 11.8 Å². The first-order valence-corrected chi connectivity index (χ1v) is 12.8. The maximum atomic E-state index is 13.2. The van der Waals surface area contributed by atoms with E-state index in [4.69, 9.17) is 9.47 Å². The topological polar surface area (TPSA) is 109 Å². The lowest BCUT2D eigenvalue weighted by molar-refractivity contribution is -0.123. The first kappa shape index (κ1) is 30.1. The lowest BCUT2D eigenvalue weighted by Gasteiger charge is -2.32. The Kier molecular flexibility index (Phi) is 11.1. The molecule has 2 aliphatic heterocycles. The van der Waals surface area contributed by atoms with E-state index < -0.39 is 17.5 Å². The van der Waals surface area contributed by atoms with E-state index in [2.05, 4.69) is 22.2 Å². The fourth-order valence-electron chi connectivity index (χ4n) is 4.04. The smallest absolute Gasteiger partial charge is 0.322 e. The number of aliphatic imine (C=N–C) groups is 1. The maximum absolute atomic E-state index is 13.2. The lowest BCUT2D eigenvalue weighted by Crippen LogP contribution is -2.56. The summed E-state index contributed by atoms with van der Waals surface area (Å²) in [6.07, 6.45) is 9.76. The monoisotopic (exact) mass is 522 g/mol. The highest BCUT2D eigenvalue weighted by Crippen LogP contribution is 2.31. The Morgan fingerprint density at radius 2 is 1.95 bits per heavy atom. The number of amides is 4. The van der Waals surface area contributed by atoms with Crippen molar-refractivity contribution in [2.75, 3.05) is 13.7 Å². The SMILES string of the molecule is C=C/C(=C\C=C(/C)O/C(=C/N=CCC)CC)[C@]1(CN2Cc3ccc(OC)cc3C2=O)NC(=O)NC1=O.CC. The molecule has 204 valence electrons. The zero-order valence-electron chi connectivity index (χ0n) is 23.1. The number of allylic oxidation sites excluding steroid dienone is 4. The molecule has 0 unspecified atom stereocenters. The van der Waals surface area contributed by atoms with E-state index in [1.165, 1.54) is 18.1 Å². The summed E-state index contributed by atoms with van der Waals surface area (Å²) in [5, 5.41) is 5.01. The van der Waals surface area contributed by atoms with E-state index in [0.717, 1.165) is 12.0 Å². The van der Waals surface area contributed by atoms with Crippen LogP contribution in [0.1, 0.15) is 63.4 Å². The number of benzene rings is 1. The predicted octanol–water partition coefficient (Wildman–Crippen LogP) is 5.02. The van der Waals surface area contributed by atoms with Gasteiger partial charge in [-0.1, -0.05) is 52.5 Å². The third-order valence-electron chi connectivity index (χ3n) is 5.92. The van der Waals surface area contributed by atoms with Crippen molar-refractivity contribution in [2.24, 2.45) is 4.99 Å². The molecular weight excluding hydrogens is 484 g/mol. The van der Waals surface area contributed by atoms with Crippen LogP contribution in [0.15, 0.2) is 71.3 Å². The molecule has 1 fully saturated rings. The van der Waals surface area contributed by atoms with Gasteiger partial charge in [0, 0.05) is 24.7 Å². The van der Waals surface area contributed by atoms with Gasteiger partial charge < -0.3 is 19.7 Å². The summed E-state index contributed by atoms with van der Waals surface area (Å²) in [5.74, 6) is 1.00. The van der Waals surface area contributed by atoms with Gasteiger partial charge in [0.05, 0.1) is 19.9 Å². The number of ether oxygens (including phenoxy) is 2. The van der Waals surface area contributed by atoms with Crippen LogP contribution in [0.3, 0.4) is 0 Å². The Morgan fingerprint density at radius 3 is 2.53 bits per heavy atom. The molecule has 1 atom stereocenters. The van der Waals surface area contributed by atoms with Gasteiger partial charge in [0.1, 0.15) is 17.3 Å². The van der Waals surface area contributed by atoms with E-state index in [-0.39, 0.29) is 12.5 Å². The molecule has 0 aromatic heterocycles. The van der Waals surface area contributed by atoms with Gasteiger partial charge in [-0.15, -0.1) is 0 Å². The molecule has 9 nitrogen and oxygen atoms in total. The number of rotatable bonds is 11. The van der Waals surface area contributed by atoms with Crippen molar-refractivity contribution in [3.63, 3.8) is 0 Å². The Morgan fingerprint density at radius 1 is 1.21 bits per heavy atom. The quantitative estimate of drug-likeness (QED) is 0.184. The number of nitrogens with zero attached hydrogens (tertiary/aromatic N) is 2. The van der Waals surface area contributed by atoms with Gasteiger partial charge in [-0.25, -0.2) is 4.79 Å². The molecule has 1 saturated heterocycles. The number of hydrogen-bond acceptors (Lipinski definition) is 6. The highest BCUT2D eigenvalue weighted by molar-refractivity contribution is 6.10. The van der Waals surface area contributed by atoms with Crippen molar-refractivity contribution in [1.29, 1.82) is 0 Å². The van der Waals surface area contributed by atoms with E-state index >= 15 is 0 Å². The molecule has 0 aliphatic carbocycles. The Bertz CT molecular complexity index is 1180. The molecule has 9 heteroatoms. The Hall–Kier alpha value is -4.14. The average Bonchev–Trinajstić information content (AvgIpc) is 3.38. The van der Waals surface area contributed by atoms with Crippen LogP contribution in [0.4, 0.5) is 4.79 Å².